The van der Waals surface area contributed by atoms with Crippen molar-refractivity contribution in [2.75, 3.05) is 0 Å². The van der Waals surface area contributed by atoms with Crippen LogP contribution < -0.4 is 4.74 Å². The lowest BCUT2D eigenvalue weighted by atomic mass is 9.97. The van der Waals surface area contributed by atoms with Crippen molar-refractivity contribution < 1.29 is 19.4 Å². The molecule has 0 amide bonds. The number of carboxylic acids is 1. The second-order valence-electron chi connectivity index (χ2n) is 3.53. The third kappa shape index (κ3) is 1.98. The predicted octanol–water partition coefficient (Wildman–Crippen LogP) is 1.24. The quantitative estimate of drug-likeness (QED) is 0.554. The Labute approximate surface area is 86.5 Å². The molecule has 1 aliphatic rings. The lowest BCUT2D eigenvalue weighted by Gasteiger charge is -2.05. The SMILES string of the molecule is O=C1CC(C(=O)O)Cc2ccccc2O1. The Morgan fingerprint density at radius 2 is 2.07 bits per heavy atom. The van der Waals surface area contributed by atoms with Crippen molar-refractivity contribution in [1.82, 2.24) is 0 Å². The average Bonchev–Trinajstić information content (AvgIpc) is 2.35. The van der Waals surface area contributed by atoms with Gasteiger partial charge in [0.2, 0.25) is 0 Å². The van der Waals surface area contributed by atoms with E-state index < -0.39 is 17.9 Å². The van der Waals surface area contributed by atoms with E-state index in [0.717, 1.165) is 5.56 Å². The van der Waals surface area contributed by atoms with E-state index >= 15 is 0 Å². The van der Waals surface area contributed by atoms with Crippen LogP contribution in [-0.4, -0.2) is 17.0 Å². The van der Waals surface area contributed by atoms with Crippen molar-refractivity contribution in [2.24, 2.45) is 5.92 Å². The van der Waals surface area contributed by atoms with Crippen LogP contribution in [0.1, 0.15) is 12.0 Å². The Hall–Kier alpha value is -1.84. The maximum Gasteiger partial charge on any atom is 0.312 e. The van der Waals surface area contributed by atoms with Crippen LogP contribution in [0.2, 0.25) is 0 Å². The van der Waals surface area contributed by atoms with Crippen LogP contribution in [0.5, 0.6) is 5.75 Å². The van der Waals surface area contributed by atoms with Crippen LogP contribution >= 0.6 is 0 Å². The molecule has 1 aromatic carbocycles. The zero-order valence-electron chi connectivity index (χ0n) is 7.97. The standard InChI is InChI=1S/C11H10O4/c12-10-6-8(11(13)14)5-7-3-1-2-4-9(7)15-10/h1-4,8H,5-6H2,(H,13,14). The first kappa shape index (κ1) is 9.71. The maximum atomic E-state index is 11.3. The van der Waals surface area contributed by atoms with Gasteiger partial charge in [-0.05, 0) is 18.1 Å². The summed E-state index contributed by atoms with van der Waals surface area (Å²) in [5.74, 6) is -1.64. The second kappa shape index (κ2) is 3.73. The molecule has 0 aromatic heterocycles. The molecule has 1 atom stereocenters. The smallest absolute Gasteiger partial charge is 0.312 e. The average molecular weight is 206 g/mol. The number of carbonyl (C=O) groups is 2. The minimum atomic E-state index is -0.955. The molecular formula is C11H10O4. The molecule has 1 aromatic rings. The monoisotopic (exact) mass is 206 g/mol. The molecule has 78 valence electrons. The summed E-state index contributed by atoms with van der Waals surface area (Å²) < 4.78 is 5.03. The molecule has 0 fully saturated rings. The Kier molecular flexibility index (Phi) is 2.41. The largest absolute Gasteiger partial charge is 0.481 e. The molecule has 1 heterocycles. The van der Waals surface area contributed by atoms with E-state index in [0.29, 0.717) is 12.2 Å². The van der Waals surface area contributed by atoms with Crippen molar-refractivity contribution in [3.05, 3.63) is 29.8 Å². The van der Waals surface area contributed by atoms with Gasteiger partial charge in [0.25, 0.3) is 0 Å². The molecule has 0 radical (unpaired) electrons. The molecule has 0 saturated carbocycles. The first-order chi connectivity index (χ1) is 7.16. The normalized spacial score (nSPS) is 20.0. The molecule has 4 nitrogen and oxygen atoms in total. The van der Waals surface area contributed by atoms with E-state index in [1.807, 2.05) is 0 Å². The third-order valence-electron chi connectivity index (χ3n) is 2.43. The number of carboxylic acid groups (broad SMARTS) is 1. The summed E-state index contributed by atoms with van der Waals surface area (Å²) >= 11 is 0. The molecule has 1 N–H and O–H groups in total. The van der Waals surface area contributed by atoms with Crippen LogP contribution in [0.15, 0.2) is 24.3 Å². The van der Waals surface area contributed by atoms with Crippen molar-refractivity contribution in [1.29, 1.82) is 0 Å². The van der Waals surface area contributed by atoms with Crippen LogP contribution in [0, 0.1) is 5.92 Å². The van der Waals surface area contributed by atoms with Gasteiger partial charge >= 0.3 is 11.9 Å². The molecule has 0 spiro atoms. The Morgan fingerprint density at radius 1 is 1.33 bits per heavy atom. The number of benzene rings is 1. The van der Waals surface area contributed by atoms with Gasteiger partial charge in [0.15, 0.2) is 0 Å². The number of hydrogen-bond donors (Lipinski definition) is 1. The van der Waals surface area contributed by atoms with Gasteiger partial charge in [-0.3, -0.25) is 9.59 Å². The molecule has 15 heavy (non-hydrogen) atoms. The summed E-state index contributed by atoms with van der Waals surface area (Å²) in [6.45, 7) is 0. The highest BCUT2D eigenvalue weighted by Gasteiger charge is 2.27. The third-order valence-corrected chi connectivity index (χ3v) is 2.43. The minimum absolute atomic E-state index is 0.0655. The van der Waals surface area contributed by atoms with Gasteiger partial charge in [-0.15, -0.1) is 0 Å². The summed E-state index contributed by atoms with van der Waals surface area (Å²) in [6.07, 6.45) is 0.279. The first-order valence-electron chi connectivity index (χ1n) is 4.68. The summed E-state index contributed by atoms with van der Waals surface area (Å²) in [4.78, 5) is 22.1. The van der Waals surface area contributed by atoms with Gasteiger partial charge in [0, 0.05) is 0 Å². The summed E-state index contributed by atoms with van der Waals surface area (Å²) in [5, 5.41) is 8.90. The Bertz CT molecular complexity index is 411. The van der Waals surface area contributed by atoms with Crippen molar-refractivity contribution in [3.8, 4) is 5.75 Å². The van der Waals surface area contributed by atoms with Crippen LogP contribution in [0.3, 0.4) is 0 Å². The lowest BCUT2D eigenvalue weighted by Crippen LogP contribution is -2.19. The molecular weight excluding hydrogens is 196 g/mol. The van der Waals surface area contributed by atoms with E-state index in [4.69, 9.17) is 9.84 Å². The number of carbonyl (C=O) groups excluding carboxylic acids is 1. The fraction of sp³-hybridized carbons (Fsp3) is 0.273. The van der Waals surface area contributed by atoms with E-state index in [1.54, 1.807) is 24.3 Å². The zero-order valence-corrected chi connectivity index (χ0v) is 7.97. The van der Waals surface area contributed by atoms with Gasteiger partial charge in [-0.25, -0.2) is 0 Å². The summed E-state index contributed by atoms with van der Waals surface area (Å²) in [6, 6.07) is 7.02. The van der Waals surface area contributed by atoms with Gasteiger partial charge in [0.05, 0.1) is 12.3 Å². The summed E-state index contributed by atoms with van der Waals surface area (Å²) in [5.41, 5.74) is 0.774. The minimum Gasteiger partial charge on any atom is -0.481 e. The number of rotatable bonds is 1. The van der Waals surface area contributed by atoms with Crippen LogP contribution in [0.25, 0.3) is 0 Å². The highest BCUT2D eigenvalue weighted by Crippen LogP contribution is 2.27. The van der Waals surface area contributed by atoms with Gasteiger partial charge in [0.1, 0.15) is 5.75 Å². The van der Waals surface area contributed by atoms with Gasteiger partial charge in [-0.2, -0.15) is 0 Å². The van der Waals surface area contributed by atoms with E-state index in [2.05, 4.69) is 0 Å². The number of ether oxygens (including phenoxy) is 1. The number of hydrogen-bond acceptors (Lipinski definition) is 3. The Balaban J connectivity index is 2.35. The van der Waals surface area contributed by atoms with E-state index in [-0.39, 0.29) is 6.42 Å². The van der Waals surface area contributed by atoms with Crippen molar-refractivity contribution in [3.63, 3.8) is 0 Å². The number of esters is 1. The van der Waals surface area contributed by atoms with E-state index in [9.17, 15) is 9.59 Å². The first-order valence-corrected chi connectivity index (χ1v) is 4.68. The topological polar surface area (TPSA) is 63.6 Å². The fourth-order valence-electron chi connectivity index (χ4n) is 1.65. The zero-order chi connectivity index (χ0) is 10.8. The van der Waals surface area contributed by atoms with Crippen LogP contribution in [0.4, 0.5) is 0 Å². The number of fused-ring (bicyclic) bond motifs is 1. The molecule has 0 aliphatic carbocycles. The van der Waals surface area contributed by atoms with Crippen LogP contribution in [-0.2, 0) is 16.0 Å². The predicted molar refractivity (Wildman–Crippen MR) is 51.5 cm³/mol. The van der Waals surface area contributed by atoms with Gasteiger partial charge in [-0.1, -0.05) is 18.2 Å². The maximum absolute atomic E-state index is 11.3. The molecule has 2 rings (SSSR count). The Morgan fingerprint density at radius 3 is 2.80 bits per heavy atom. The highest BCUT2D eigenvalue weighted by atomic mass is 16.5. The molecule has 1 aliphatic heterocycles. The second-order valence-corrected chi connectivity index (χ2v) is 3.53. The molecule has 0 saturated heterocycles. The van der Waals surface area contributed by atoms with E-state index in [1.165, 1.54) is 0 Å². The lowest BCUT2D eigenvalue weighted by molar-refractivity contribution is -0.146. The molecule has 4 heteroatoms. The number of aliphatic carboxylic acids is 1. The fourth-order valence-corrected chi connectivity index (χ4v) is 1.65. The van der Waals surface area contributed by atoms with Crippen molar-refractivity contribution in [2.45, 2.75) is 12.8 Å². The molecule has 0 bridgehead atoms. The van der Waals surface area contributed by atoms with Crippen molar-refractivity contribution >= 4 is 11.9 Å². The van der Waals surface area contributed by atoms with Gasteiger partial charge < -0.3 is 9.84 Å². The number of para-hydroxylation sites is 1. The highest BCUT2D eigenvalue weighted by molar-refractivity contribution is 5.81. The molecule has 1 unspecified atom stereocenters. The summed E-state index contributed by atoms with van der Waals surface area (Å²) in [7, 11) is 0.